The van der Waals surface area contributed by atoms with Crippen LogP contribution in [0.5, 0.6) is 0 Å². The highest BCUT2D eigenvalue weighted by atomic mass is 16.3. The molecule has 0 aliphatic heterocycles. The average molecular weight is 217 g/mol. The molecule has 1 aromatic carbocycles. The van der Waals surface area contributed by atoms with Crippen LogP contribution in [-0.4, -0.2) is 16.7 Å². The summed E-state index contributed by atoms with van der Waals surface area (Å²) in [6.45, 7) is 8.50. The summed E-state index contributed by atoms with van der Waals surface area (Å²) in [5.41, 5.74) is 4.70. The molecule has 2 N–H and O–H groups in total. The van der Waals surface area contributed by atoms with Crippen LogP contribution in [0.15, 0.2) is 18.2 Å². The molecule has 0 aliphatic rings. The number of benzene rings is 1. The molecule has 0 aliphatic carbocycles. The fourth-order valence-corrected chi connectivity index (χ4v) is 1.97. The molecule has 0 radical (unpaired) electrons. The van der Waals surface area contributed by atoms with Crippen molar-refractivity contribution in [2.75, 3.05) is 6.61 Å². The van der Waals surface area contributed by atoms with E-state index < -0.39 is 0 Å². The molecule has 1 aromatic heterocycles. The van der Waals surface area contributed by atoms with Crippen LogP contribution in [-0.2, 0) is 5.41 Å². The molecule has 0 spiro atoms. The molecule has 2 aromatic rings. The average Bonchev–Trinajstić information content (AvgIpc) is 2.55. The molecule has 0 fully saturated rings. The number of aliphatic hydroxyl groups excluding tert-OH is 1. The topological polar surface area (TPSA) is 36.0 Å². The molecule has 86 valence electrons. The Kier molecular flexibility index (Phi) is 2.55. The number of hydrogen-bond donors (Lipinski definition) is 2. The number of rotatable bonds is 2. The Hall–Kier alpha value is -1.28. The van der Waals surface area contributed by atoms with Crippen LogP contribution in [0.4, 0.5) is 0 Å². The number of aromatic nitrogens is 1. The molecule has 0 saturated heterocycles. The van der Waals surface area contributed by atoms with E-state index in [2.05, 4.69) is 50.9 Å². The molecule has 2 heteroatoms. The standard InChI is InChI=1S/C14H19NO/c1-9-10(2)15-13-6-5-11(7-12(9)13)14(3,4)8-16/h5-7,15-16H,8H2,1-4H3. The third-order valence-corrected chi connectivity index (χ3v) is 3.49. The van der Waals surface area contributed by atoms with E-state index in [-0.39, 0.29) is 12.0 Å². The van der Waals surface area contributed by atoms with E-state index in [4.69, 9.17) is 0 Å². The van der Waals surface area contributed by atoms with Crippen LogP contribution in [0.1, 0.15) is 30.7 Å². The summed E-state index contributed by atoms with van der Waals surface area (Å²) in [5.74, 6) is 0. The Balaban J connectivity index is 2.64. The fraction of sp³-hybridized carbons (Fsp3) is 0.429. The minimum absolute atomic E-state index is 0.168. The molecule has 0 amide bonds. The zero-order valence-electron chi connectivity index (χ0n) is 10.4. The monoisotopic (exact) mass is 217 g/mol. The summed E-state index contributed by atoms with van der Waals surface area (Å²) in [7, 11) is 0. The number of nitrogens with one attached hydrogen (secondary N) is 1. The highest BCUT2D eigenvalue weighted by molar-refractivity contribution is 5.85. The van der Waals surface area contributed by atoms with Crippen LogP contribution in [0.25, 0.3) is 10.9 Å². The van der Waals surface area contributed by atoms with E-state index in [1.807, 2.05) is 0 Å². The normalized spacial score (nSPS) is 12.3. The van der Waals surface area contributed by atoms with Gasteiger partial charge in [-0.2, -0.15) is 0 Å². The molecule has 0 saturated carbocycles. The first kappa shape index (κ1) is 11.2. The molecular formula is C14H19NO. The SMILES string of the molecule is Cc1[nH]c2ccc(C(C)(C)CO)cc2c1C. The van der Waals surface area contributed by atoms with Gasteiger partial charge in [-0.25, -0.2) is 0 Å². The maximum absolute atomic E-state index is 9.39. The molecular weight excluding hydrogens is 198 g/mol. The van der Waals surface area contributed by atoms with Crippen LogP contribution in [0.3, 0.4) is 0 Å². The lowest BCUT2D eigenvalue weighted by Gasteiger charge is -2.22. The Labute approximate surface area is 96.3 Å². The molecule has 16 heavy (non-hydrogen) atoms. The van der Waals surface area contributed by atoms with Crippen LogP contribution in [0.2, 0.25) is 0 Å². The van der Waals surface area contributed by atoms with Gasteiger partial charge in [0.2, 0.25) is 0 Å². The third kappa shape index (κ3) is 1.63. The van der Waals surface area contributed by atoms with E-state index in [1.54, 1.807) is 0 Å². The van der Waals surface area contributed by atoms with E-state index in [0.29, 0.717) is 0 Å². The van der Waals surface area contributed by atoms with Gasteiger partial charge in [-0.15, -0.1) is 0 Å². The van der Waals surface area contributed by atoms with Crippen molar-refractivity contribution in [2.24, 2.45) is 0 Å². The summed E-state index contributed by atoms with van der Waals surface area (Å²) in [6.07, 6.45) is 0. The first-order valence-corrected chi connectivity index (χ1v) is 5.66. The number of H-pyrrole nitrogens is 1. The van der Waals surface area contributed by atoms with Gasteiger partial charge in [0.25, 0.3) is 0 Å². The van der Waals surface area contributed by atoms with Gasteiger partial charge in [0.15, 0.2) is 0 Å². The zero-order chi connectivity index (χ0) is 11.9. The molecule has 1 heterocycles. The molecule has 2 nitrogen and oxygen atoms in total. The second-order valence-corrected chi connectivity index (χ2v) is 5.18. The Bertz CT molecular complexity index is 523. The lowest BCUT2D eigenvalue weighted by Crippen LogP contribution is -2.21. The van der Waals surface area contributed by atoms with Crippen LogP contribution in [0, 0.1) is 13.8 Å². The quantitative estimate of drug-likeness (QED) is 0.797. The lowest BCUT2D eigenvalue weighted by molar-refractivity contribution is 0.218. The number of aromatic amines is 1. The number of aryl methyl sites for hydroxylation is 2. The second kappa shape index (κ2) is 3.63. The minimum Gasteiger partial charge on any atom is -0.395 e. The maximum Gasteiger partial charge on any atom is 0.0522 e. The summed E-state index contributed by atoms with van der Waals surface area (Å²) < 4.78 is 0. The molecule has 2 rings (SSSR count). The van der Waals surface area contributed by atoms with Crippen molar-refractivity contribution in [1.82, 2.24) is 4.98 Å². The van der Waals surface area contributed by atoms with Crippen molar-refractivity contribution >= 4 is 10.9 Å². The van der Waals surface area contributed by atoms with E-state index in [9.17, 15) is 5.11 Å². The number of hydrogen-bond acceptors (Lipinski definition) is 1. The van der Waals surface area contributed by atoms with Crippen molar-refractivity contribution < 1.29 is 5.11 Å². The first-order valence-electron chi connectivity index (χ1n) is 5.66. The minimum atomic E-state index is -0.175. The molecule has 0 atom stereocenters. The van der Waals surface area contributed by atoms with E-state index >= 15 is 0 Å². The summed E-state index contributed by atoms with van der Waals surface area (Å²) >= 11 is 0. The van der Waals surface area contributed by atoms with Gasteiger partial charge in [-0.1, -0.05) is 19.9 Å². The summed E-state index contributed by atoms with van der Waals surface area (Å²) in [5, 5.41) is 10.6. The van der Waals surface area contributed by atoms with Crippen LogP contribution >= 0.6 is 0 Å². The molecule has 0 unspecified atom stereocenters. The van der Waals surface area contributed by atoms with Gasteiger partial charge < -0.3 is 10.1 Å². The van der Waals surface area contributed by atoms with Crippen molar-refractivity contribution in [1.29, 1.82) is 0 Å². The van der Waals surface area contributed by atoms with Gasteiger partial charge in [0, 0.05) is 22.0 Å². The first-order chi connectivity index (χ1) is 7.45. The Morgan fingerprint density at radius 2 is 1.94 bits per heavy atom. The fourth-order valence-electron chi connectivity index (χ4n) is 1.97. The maximum atomic E-state index is 9.39. The van der Waals surface area contributed by atoms with Crippen molar-refractivity contribution in [3.05, 3.63) is 35.0 Å². The second-order valence-electron chi connectivity index (χ2n) is 5.18. The zero-order valence-corrected chi connectivity index (χ0v) is 10.4. The lowest BCUT2D eigenvalue weighted by atomic mass is 9.85. The Morgan fingerprint density at radius 3 is 2.56 bits per heavy atom. The highest BCUT2D eigenvalue weighted by Crippen LogP contribution is 2.28. The van der Waals surface area contributed by atoms with Crippen molar-refractivity contribution in [3.63, 3.8) is 0 Å². The van der Waals surface area contributed by atoms with Gasteiger partial charge in [-0.3, -0.25) is 0 Å². The number of fused-ring (bicyclic) bond motifs is 1. The van der Waals surface area contributed by atoms with Gasteiger partial charge in [-0.05, 0) is 37.1 Å². The highest BCUT2D eigenvalue weighted by Gasteiger charge is 2.20. The van der Waals surface area contributed by atoms with Gasteiger partial charge in [0.1, 0.15) is 0 Å². The largest absolute Gasteiger partial charge is 0.395 e. The molecule has 0 bridgehead atoms. The van der Waals surface area contributed by atoms with Crippen molar-refractivity contribution in [3.8, 4) is 0 Å². The summed E-state index contributed by atoms with van der Waals surface area (Å²) in [4.78, 5) is 3.36. The predicted octanol–water partition coefficient (Wildman–Crippen LogP) is 3.05. The van der Waals surface area contributed by atoms with Crippen molar-refractivity contribution in [2.45, 2.75) is 33.1 Å². The summed E-state index contributed by atoms with van der Waals surface area (Å²) in [6, 6.07) is 6.38. The van der Waals surface area contributed by atoms with Gasteiger partial charge in [0.05, 0.1) is 6.61 Å². The Morgan fingerprint density at radius 1 is 1.25 bits per heavy atom. The van der Waals surface area contributed by atoms with E-state index in [0.717, 1.165) is 0 Å². The number of aliphatic hydroxyl groups is 1. The van der Waals surface area contributed by atoms with Crippen LogP contribution < -0.4 is 0 Å². The predicted molar refractivity (Wildman–Crippen MR) is 67.9 cm³/mol. The van der Waals surface area contributed by atoms with Gasteiger partial charge >= 0.3 is 0 Å². The smallest absolute Gasteiger partial charge is 0.0522 e. The van der Waals surface area contributed by atoms with E-state index in [1.165, 1.54) is 27.7 Å². The third-order valence-electron chi connectivity index (χ3n) is 3.49.